The predicted octanol–water partition coefficient (Wildman–Crippen LogP) is 2.23. The van der Waals surface area contributed by atoms with Crippen LogP contribution in [0, 0.1) is 0 Å². The molecule has 0 fully saturated rings. The highest BCUT2D eigenvalue weighted by molar-refractivity contribution is 5.60. The van der Waals surface area contributed by atoms with E-state index in [1.165, 1.54) is 7.11 Å². The summed E-state index contributed by atoms with van der Waals surface area (Å²) < 4.78 is 10.6. The summed E-state index contributed by atoms with van der Waals surface area (Å²) in [6.45, 7) is 0.868. The minimum absolute atomic E-state index is 0.0350. The SMILES string of the molecule is COc1cc2c(c(O)c1OC)C(Cc1cccnc1)NCC2. The zero-order valence-corrected chi connectivity index (χ0v) is 12.8. The Morgan fingerprint density at radius 1 is 1.36 bits per heavy atom. The van der Waals surface area contributed by atoms with Crippen molar-refractivity contribution in [1.82, 2.24) is 10.3 Å². The fourth-order valence-electron chi connectivity index (χ4n) is 3.05. The molecule has 2 N–H and O–H groups in total. The van der Waals surface area contributed by atoms with Gasteiger partial charge in [0.05, 0.1) is 14.2 Å². The second kappa shape index (κ2) is 6.23. The molecule has 2 aromatic rings. The number of nitrogens with one attached hydrogen (secondary N) is 1. The van der Waals surface area contributed by atoms with Crippen LogP contribution in [0.3, 0.4) is 0 Å². The number of benzene rings is 1. The highest BCUT2D eigenvalue weighted by Crippen LogP contribution is 2.45. The quantitative estimate of drug-likeness (QED) is 0.906. The molecular weight excluding hydrogens is 280 g/mol. The number of aromatic nitrogens is 1. The summed E-state index contributed by atoms with van der Waals surface area (Å²) in [5, 5.41) is 14.1. The van der Waals surface area contributed by atoms with Crippen molar-refractivity contribution in [2.24, 2.45) is 0 Å². The summed E-state index contributed by atoms with van der Waals surface area (Å²) in [6, 6.07) is 5.96. The molecular formula is C17H20N2O3. The zero-order valence-electron chi connectivity index (χ0n) is 12.8. The number of hydrogen-bond donors (Lipinski definition) is 2. The molecule has 22 heavy (non-hydrogen) atoms. The fourth-order valence-corrected chi connectivity index (χ4v) is 3.05. The van der Waals surface area contributed by atoms with Gasteiger partial charge in [0.25, 0.3) is 0 Å². The van der Waals surface area contributed by atoms with Crippen molar-refractivity contribution < 1.29 is 14.6 Å². The van der Waals surface area contributed by atoms with Crippen LogP contribution in [0.5, 0.6) is 17.2 Å². The van der Waals surface area contributed by atoms with E-state index in [1.807, 2.05) is 24.4 Å². The number of methoxy groups -OCH3 is 2. The van der Waals surface area contributed by atoms with E-state index in [1.54, 1.807) is 13.3 Å². The first-order chi connectivity index (χ1) is 10.7. The van der Waals surface area contributed by atoms with E-state index in [9.17, 15) is 5.11 Å². The van der Waals surface area contributed by atoms with Crippen LogP contribution >= 0.6 is 0 Å². The number of phenolic OH excluding ortho intramolecular Hbond substituents is 1. The number of nitrogens with zero attached hydrogens (tertiary/aromatic N) is 1. The molecule has 2 heterocycles. The minimum Gasteiger partial charge on any atom is -0.504 e. The molecule has 116 valence electrons. The van der Waals surface area contributed by atoms with Crippen molar-refractivity contribution in [2.45, 2.75) is 18.9 Å². The van der Waals surface area contributed by atoms with Crippen molar-refractivity contribution in [3.05, 3.63) is 47.3 Å². The van der Waals surface area contributed by atoms with Gasteiger partial charge in [-0.2, -0.15) is 0 Å². The van der Waals surface area contributed by atoms with Crippen LogP contribution < -0.4 is 14.8 Å². The lowest BCUT2D eigenvalue weighted by molar-refractivity contribution is 0.325. The molecule has 1 aromatic heterocycles. The van der Waals surface area contributed by atoms with Crippen molar-refractivity contribution in [2.75, 3.05) is 20.8 Å². The Hall–Kier alpha value is -2.27. The minimum atomic E-state index is 0.0350. The molecule has 5 nitrogen and oxygen atoms in total. The number of rotatable bonds is 4. The van der Waals surface area contributed by atoms with E-state index in [0.717, 1.165) is 36.1 Å². The number of hydrogen-bond acceptors (Lipinski definition) is 5. The van der Waals surface area contributed by atoms with Gasteiger partial charge in [-0.3, -0.25) is 4.98 Å². The van der Waals surface area contributed by atoms with Crippen molar-refractivity contribution >= 4 is 0 Å². The first-order valence-corrected chi connectivity index (χ1v) is 7.33. The van der Waals surface area contributed by atoms with Gasteiger partial charge >= 0.3 is 0 Å². The molecule has 0 spiro atoms. The third kappa shape index (κ3) is 2.60. The van der Waals surface area contributed by atoms with Crippen molar-refractivity contribution in [3.63, 3.8) is 0 Å². The van der Waals surface area contributed by atoms with Gasteiger partial charge in [-0.25, -0.2) is 0 Å². The topological polar surface area (TPSA) is 63.6 Å². The Balaban J connectivity index is 2.02. The van der Waals surface area contributed by atoms with E-state index >= 15 is 0 Å². The summed E-state index contributed by atoms with van der Waals surface area (Å²) in [6.07, 6.45) is 5.24. The van der Waals surface area contributed by atoms with Crippen LogP contribution in [0.4, 0.5) is 0 Å². The summed E-state index contributed by atoms with van der Waals surface area (Å²) in [5.41, 5.74) is 3.12. The van der Waals surface area contributed by atoms with Gasteiger partial charge in [0.15, 0.2) is 11.5 Å². The maximum atomic E-state index is 10.6. The van der Waals surface area contributed by atoms with Crippen LogP contribution in [0.2, 0.25) is 0 Å². The van der Waals surface area contributed by atoms with E-state index in [0.29, 0.717) is 11.5 Å². The van der Waals surface area contributed by atoms with Crippen LogP contribution in [0.1, 0.15) is 22.7 Å². The molecule has 0 aliphatic carbocycles. The highest BCUT2D eigenvalue weighted by Gasteiger charge is 2.28. The summed E-state index contributed by atoms with van der Waals surface area (Å²) >= 11 is 0. The van der Waals surface area contributed by atoms with Crippen molar-refractivity contribution in [1.29, 1.82) is 0 Å². The van der Waals surface area contributed by atoms with Gasteiger partial charge in [0.2, 0.25) is 5.75 Å². The van der Waals surface area contributed by atoms with E-state index in [4.69, 9.17) is 9.47 Å². The molecule has 0 saturated heterocycles. The van der Waals surface area contributed by atoms with Crippen LogP contribution in [0.15, 0.2) is 30.6 Å². The number of pyridine rings is 1. The molecule has 3 rings (SSSR count). The second-order valence-corrected chi connectivity index (χ2v) is 5.36. The molecule has 1 aliphatic heterocycles. The Labute approximate surface area is 129 Å². The van der Waals surface area contributed by atoms with Gasteiger partial charge in [0, 0.05) is 24.0 Å². The van der Waals surface area contributed by atoms with Gasteiger partial charge in [-0.1, -0.05) is 6.07 Å². The van der Waals surface area contributed by atoms with Gasteiger partial charge < -0.3 is 19.9 Å². The zero-order chi connectivity index (χ0) is 15.5. The van der Waals surface area contributed by atoms with Crippen LogP contribution in [-0.4, -0.2) is 30.9 Å². The third-order valence-corrected chi connectivity index (χ3v) is 4.07. The molecule has 1 unspecified atom stereocenters. The Morgan fingerprint density at radius 3 is 2.91 bits per heavy atom. The molecule has 1 aromatic carbocycles. The normalized spacial score (nSPS) is 16.9. The lowest BCUT2D eigenvalue weighted by atomic mass is 9.89. The van der Waals surface area contributed by atoms with E-state index in [-0.39, 0.29) is 11.8 Å². The largest absolute Gasteiger partial charge is 0.504 e. The molecule has 0 saturated carbocycles. The van der Waals surface area contributed by atoms with Gasteiger partial charge in [0.1, 0.15) is 0 Å². The average Bonchev–Trinajstić information content (AvgIpc) is 2.55. The highest BCUT2D eigenvalue weighted by atomic mass is 16.5. The summed E-state index contributed by atoms with van der Waals surface area (Å²) in [7, 11) is 3.12. The number of ether oxygens (including phenoxy) is 2. The average molecular weight is 300 g/mol. The molecule has 0 radical (unpaired) electrons. The van der Waals surface area contributed by atoms with E-state index in [2.05, 4.69) is 10.3 Å². The van der Waals surface area contributed by atoms with Gasteiger partial charge in [-0.05, 0) is 42.6 Å². The van der Waals surface area contributed by atoms with Gasteiger partial charge in [-0.15, -0.1) is 0 Å². The molecule has 1 atom stereocenters. The molecule has 0 amide bonds. The Bertz CT molecular complexity index is 659. The number of phenols is 1. The fraction of sp³-hybridized carbons (Fsp3) is 0.353. The first-order valence-electron chi connectivity index (χ1n) is 7.33. The Morgan fingerprint density at radius 2 is 2.23 bits per heavy atom. The van der Waals surface area contributed by atoms with E-state index < -0.39 is 0 Å². The maximum absolute atomic E-state index is 10.6. The number of aromatic hydroxyl groups is 1. The molecule has 0 bridgehead atoms. The Kier molecular flexibility index (Phi) is 4.15. The maximum Gasteiger partial charge on any atom is 0.203 e. The smallest absolute Gasteiger partial charge is 0.203 e. The molecule has 1 aliphatic rings. The standard InChI is InChI=1S/C17H20N2O3/c1-21-14-9-12-5-7-19-13(8-11-4-3-6-18-10-11)15(12)16(20)17(14)22-2/h3-4,6,9-10,13,19-20H,5,7-8H2,1-2H3. The molecule has 5 heteroatoms. The lowest BCUT2D eigenvalue weighted by Gasteiger charge is -2.29. The third-order valence-electron chi connectivity index (χ3n) is 4.07. The first kappa shape index (κ1) is 14.7. The summed E-state index contributed by atoms with van der Waals surface area (Å²) in [5.74, 6) is 1.12. The predicted molar refractivity (Wildman–Crippen MR) is 83.6 cm³/mol. The van der Waals surface area contributed by atoms with Crippen LogP contribution in [-0.2, 0) is 12.8 Å². The number of fused-ring (bicyclic) bond motifs is 1. The lowest BCUT2D eigenvalue weighted by Crippen LogP contribution is -2.31. The summed E-state index contributed by atoms with van der Waals surface area (Å²) in [4.78, 5) is 4.15. The van der Waals surface area contributed by atoms with Crippen molar-refractivity contribution in [3.8, 4) is 17.2 Å². The van der Waals surface area contributed by atoms with Crippen LogP contribution in [0.25, 0.3) is 0 Å². The second-order valence-electron chi connectivity index (χ2n) is 5.36. The monoisotopic (exact) mass is 300 g/mol.